The number of aromatic nitrogens is 1. The van der Waals surface area contributed by atoms with Crippen LogP contribution in [0, 0.1) is 0 Å². The van der Waals surface area contributed by atoms with Crippen LogP contribution in [0.25, 0.3) is 0 Å². The normalized spacial score (nSPS) is 18.5. The molecule has 108 valence electrons. The first-order chi connectivity index (χ1) is 9.60. The third kappa shape index (κ3) is 3.70. The lowest BCUT2D eigenvalue weighted by Gasteiger charge is -2.22. The molecular weight excluding hydrogens is 278 g/mol. The van der Waals surface area contributed by atoms with Crippen molar-refractivity contribution in [1.29, 1.82) is 0 Å². The van der Waals surface area contributed by atoms with Crippen LogP contribution in [0.3, 0.4) is 0 Å². The smallest absolute Gasteiger partial charge is 0.252 e. The highest BCUT2D eigenvalue weighted by molar-refractivity contribution is 6.29. The Balaban J connectivity index is 2.10. The molecule has 2 N–H and O–H groups in total. The number of hydrogen-bond donors (Lipinski definition) is 2. The number of pyridine rings is 1. The number of amides is 2. The van der Waals surface area contributed by atoms with Gasteiger partial charge in [-0.2, -0.15) is 0 Å². The first kappa shape index (κ1) is 14.8. The molecule has 0 bridgehead atoms. The molecule has 1 aliphatic rings. The number of piperidine rings is 1. The molecule has 0 aromatic carbocycles. The van der Waals surface area contributed by atoms with Gasteiger partial charge in [0.05, 0.1) is 0 Å². The molecule has 0 spiro atoms. The van der Waals surface area contributed by atoms with E-state index in [1.54, 1.807) is 6.07 Å². The average molecular weight is 296 g/mol. The highest BCUT2D eigenvalue weighted by Gasteiger charge is 2.24. The molecule has 1 aromatic rings. The van der Waals surface area contributed by atoms with Crippen LogP contribution in [-0.2, 0) is 11.2 Å². The highest BCUT2D eigenvalue weighted by atomic mass is 35.5. The molecule has 0 aliphatic carbocycles. The molecule has 0 saturated carbocycles. The summed E-state index contributed by atoms with van der Waals surface area (Å²) < 4.78 is 0. The highest BCUT2D eigenvalue weighted by Crippen LogP contribution is 2.13. The summed E-state index contributed by atoms with van der Waals surface area (Å²) in [6.07, 6.45) is 3.23. The van der Waals surface area contributed by atoms with Crippen molar-refractivity contribution >= 4 is 23.4 Å². The minimum absolute atomic E-state index is 0.126. The van der Waals surface area contributed by atoms with Crippen molar-refractivity contribution in [3.8, 4) is 0 Å². The molecule has 5 nitrogen and oxygen atoms in total. The number of aryl methyl sites for hydroxylation is 1. The molecular formula is C14H18ClN3O2. The van der Waals surface area contributed by atoms with Crippen LogP contribution >= 0.6 is 11.6 Å². The number of rotatable bonds is 4. The van der Waals surface area contributed by atoms with Gasteiger partial charge < -0.3 is 10.6 Å². The minimum atomic E-state index is -0.460. The third-order valence-electron chi connectivity index (χ3n) is 3.21. The Bertz CT molecular complexity index is 519. The molecule has 1 unspecified atom stereocenters. The first-order valence-corrected chi connectivity index (χ1v) is 7.23. The van der Waals surface area contributed by atoms with Gasteiger partial charge in [0, 0.05) is 17.8 Å². The molecule has 1 aromatic heterocycles. The lowest BCUT2D eigenvalue weighted by molar-refractivity contribution is -0.124. The number of halogens is 1. The second-order valence-corrected chi connectivity index (χ2v) is 5.27. The molecule has 6 heteroatoms. The monoisotopic (exact) mass is 295 g/mol. The fourth-order valence-electron chi connectivity index (χ4n) is 2.22. The maximum Gasteiger partial charge on any atom is 0.252 e. The van der Waals surface area contributed by atoms with E-state index in [1.807, 2.05) is 6.92 Å². The molecule has 1 fully saturated rings. The topological polar surface area (TPSA) is 71.1 Å². The van der Waals surface area contributed by atoms with Crippen LogP contribution in [0.4, 0.5) is 0 Å². The zero-order valence-electron chi connectivity index (χ0n) is 11.4. The van der Waals surface area contributed by atoms with E-state index in [-0.39, 0.29) is 11.8 Å². The van der Waals surface area contributed by atoms with Crippen molar-refractivity contribution in [3.63, 3.8) is 0 Å². The summed E-state index contributed by atoms with van der Waals surface area (Å²) in [7, 11) is 0. The molecule has 1 aliphatic heterocycles. The zero-order chi connectivity index (χ0) is 14.5. The van der Waals surface area contributed by atoms with Gasteiger partial charge in [-0.3, -0.25) is 9.59 Å². The van der Waals surface area contributed by atoms with Crippen LogP contribution < -0.4 is 10.6 Å². The Morgan fingerprint density at radius 3 is 3.05 bits per heavy atom. The fraction of sp³-hybridized carbons (Fsp3) is 0.500. The minimum Gasteiger partial charge on any atom is -0.354 e. The largest absolute Gasteiger partial charge is 0.354 e. The van der Waals surface area contributed by atoms with Crippen molar-refractivity contribution < 1.29 is 9.59 Å². The number of carbonyl (C=O) groups excluding carboxylic acids is 2. The van der Waals surface area contributed by atoms with Crippen LogP contribution in [0.5, 0.6) is 0 Å². The van der Waals surface area contributed by atoms with Crippen molar-refractivity contribution in [2.24, 2.45) is 0 Å². The number of nitrogens with one attached hydrogen (secondary N) is 2. The lowest BCUT2D eigenvalue weighted by atomic mass is 10.1. The van der Waals surface area contributed by atoms with Gasteiger partial charge in [-0.1, -0.05) is 24.9 Å². The third-order valence-corrected chi connectivity index (χ3v) is 3.40. The standard InChI is InChI=1S/C14H18ClN3O2/c1-2-4-10-7-9(8-12(15)17-10)13(19)18-11-5-3-6-16-14(11)20/h7-8,11H,2-6H2,1H3,(H,16,20)(H,18,19). The molecule has 0 radical (unpaired) electrons. The SMILES string of the molecule is CCCc1cc(C(=O)NC2CCCNC2=O)cc(Cl)n1. The zero-order valence-corrected chi connectivity index (χ0v) is 12.2. The molecule has 20 heavy (non-hydrogen) atoms. The lowest BCUT2D eigenvalue weighted by Crippen LogP contribution is -2.50. The summed E-state index contributed by atoms with van der Waals surface area (Å²) in [6.45, 7) is 2.71. The fourth-order valence-corrected chi connectivity index (χ4v) is 2.44. The number of nitrogens with zero attached hydrogens (tertiary/aromatic N) is 1. The van der Waals surface area contributed by atoms with Crippen LogP contribution in [0.1, 0.15) is 42.2 Å². The Morgan fingerprint density at radius 2 is 2.35 bits per heavy atom. The predicted molar refractivity (Wildman–Crippen MR) is 76.7 cm³/mol. The van der Waals surface area contributed by atoms with Gasteiger partial charge >= 0.3 is 0 Å². The van der Waals surface area contributed by atoms with Crippen LogP contribution in [0.15, 0.2) is 12.1 Å². The van der Waals surface area contributed by atoms with Gasteiger partial charge in [0.1, 0.15) is 11.2 Å². The average Bonchev–Trinajstić information content (AvgIpc) is 2.41. The van der Waals surface area contributed by atoms with Gasteiger partial charge in [0.2, 0.25) is 5.91 Å². The van der Waals surface area contributed by atoms with Crippen molar-refractivity contribution in [2.45, 2.75) is 38.6 Å². The second-order valence-electron chi connectivity index (χ2n) is 4.88. The Hall–Kier alpha value is -1.62. The van der Waals surface area contributed by atoms with E-state index in [4.69, 9.17) is 11.6 Å². The Kier molecular flexibility index (Phi) is 4.95. The van der Waals surface area contributed by atoms with Gasteiger partial charge in [-0.05, 0) is 31.4 Å². The van der Waals surface area contributed by atoms with E-state index >= 15 is 0 Å². The molecule has 1 atom stereocenters. The molecule has 1 saturated heterocycles. The summed E-state index contributed by atoms with van der Waals surface area (Å²) in [5, 5.41) is 5.78. The second kappa shape index (κ2) is 6.70. The summed E-state index contributed by atoms with van der Waals surface area (Å²) in [4.78, 5) is 28.0. The van der Waals surface area contributed by atoms with E-state index < -0.39 is 6.04 Å². The molecule has 2 rings (SSSR count). The van der Waals surface area contributed by atoms with E-state index in [1.165, 1.54) is 6.07 Å². The van der Waals surface area contributed by atoms with Gasteiger partial charge in [0.15, 0.2) is 0 Å². The van der Waals surface area contributed by atoms with Gasteiger partial charge in [0.25, 0.3) is 5.91 Å². The molecule has 2 amide bonds. The van der Waals surface area contributed by atoms with Crippen molar-refractivity contribution in [3.05, 3.63) is 28.5 Å². The van der Waals surface area contributed by atoms with Crippen molar-refractivity contribution in [2.75, 3.05) is 6.54 Å². The van der Waals surface area contributed by atoms with Gasteiger partial charge in [-0.25, -0.2) is 4.98 Å². The Morgan fingerprint density at radius 1 is 1.55 bits per heavy atom. The van der Waals surface area contributed by atoms with E-state index in [0.29, 0.717) is 23.7 Å². The first-order valence-electron chi connectivity index (χ1n) is 6.85. The molecule has 2 heterocycles. The number of carbonyl (C=O) groups is 2. The summed E-state index contributed by atoms with van der Waals surface area (Å²) >= 11 is 5.93. The van der Waals surface area contributed by atoms with E-state index in [9.17, 15) is 9.59 Å². The summed E-state index contributed by atoms with van der Waals surface area (Å²) in [5.74, 6) is -0.410. The van der Waals surface area contributed by atoms with E-state index in [0.717, 1.165) is 25.0 Å². The maximum absolute atomic E-state index is 12.2. The quantitative estimate of drug-likeness (QED) is 0.831. The summed E-state index contributed by atoms with van der Waals surface area (Å²) in [6, 6.07) is 2.79. The maximum atomic E-state index is 12.2. The number of hydrogen-bond acceptors (Lipinski definition) is 3. The van der Waals surface area contributed by atoms with Crippen LogP contribution in [-0.4, -0.2) is 29.4 Å². The van der Waals surface area contributed by atoms with Gasteiger partial charge in [-0.15, -0.1) is 0 Å². The van der Waals surface area contributed by atoms with E-state index in [2.05, 4.69) is 15.6 Å². The summed E-state index contributed by atoms with van der Waals surface area (Å²) in [5.41, 5.74) is 1.24. The predicted octanol–water partition coefficient (Wildman–Crippen LogP) is 1.70. The Labute approximate surface area is 123 Å². The van der Waals surface area contributed by atoms with Crippen LogP contribution in [0.2, 0.25) is 5.15 Å². The van der Waals surface area contributed by atoms with Crippen molar-refractivity contribution in [1.82, 2.24) is 15.6 Å².